The summed E-state index contributed by atoms with van der Waals surface area (Å²) in [6.45, 7) is 25.8. The topological polar surface area (TPSA) is 46.2 Å². The van der Waals surface area contributed by atoms with E-state index in [9.17, 15) is 0 Å². The number of rotatable bonds is 17. The molecule has 0 aromatic heterocycles. The van der Waals surface area contributed by atoms with E-state index in [1.165, 1.54) is 0 Å². The first-order valence-corrected chi connectivity index (χ1v) is 30.1. The molecule has 0 N–H and O–H groups in total. The third-order valence-electron chi connectivity index (χ3n) is 4.58. The molecule has 1 unspecified atom stereocenters. The van der Waals surface area contributed by atoms with Crippen LogP contribution in [0.1, 0.15) is 19.8 Å². The normalized spacial score (nSPS) is 16.2. The lowest BCUT2D eigenvalue weighted by Crippen LogP contribution is -2.71. The van der Waals surface area contributed by atoms with E-state index >= 15 is 0 Å². The van der Waals surface area contributed by atoms with Gasteiger partial charge in [-0.15, -0.1) is 22.2 Å². The SMILES string of the molecule is C[Si](C)OC(CCC[Si](C)(Cl)Cl)(O[Si](C)C)C(O[Si](C)C)(O[Si](C)C)C(C)([Si])CO[Si](C)(C)C. The number of halogens is 2. The fraction of sp³-hybridized carbons (Fsp3) is 1.00. The summed E-state index contributed by atoms with van der Waals surface area (Å²) >= 11 is 13.0. The Morgan fingerprint density at radius 1 is 0.735 bits per heavy atom. The van der Waals surface area contributed by atoms with Crippen molar-refractivity contribution in [2.24, 2.45) is 0 Å². The quantitative estimate of drug-likeness (QED) is 0.0982. The lowest BCUT2D eigenvalue weighted by Gasteiger charge is -2.59. The van der Waals surface area contributed by atoms with E-state index in [0.717, 1.165) is 12.5 Å². The molecule has 0 aliphatic heterocycles. The van der Waals surface area contributed by atoms with E-state index in [0.29, 0.717) is 13.0 Å². The Kier molecular flexibility index (Phi) is 15.1. The highest BCUT2D eigenvalue weighted by Gasteiger charge is 2.65. The Balaban J connectivity index is 7.06. The molecule has 0 aliphatic rings. The number of hydrogen-bond donors (Lipinski definition) is 0. The van der Waals surface area contributed by atoms with Crippen molar-refractivity contribution in [1.29, 1.82) is 0 Å². The van der Waals surface area contributed by atoms with Gasteiger partial charge in [-0.2, -0.15) is 0 Å². The first kappa shape index (κ1) is 35.9. The molecule has 0 bridgehead atoms. The zero-order chi connectivity index (χ0) is 27.2. The van der Waals surface area contributed by atoms with Gasteiger partial charge in [0, 0.05) is 28.3 Å². The fourth-order valence-electron chi connectivity index (χ4n) is 3.57. The minimum Gasteiger partial charge on any atom is -0.417 e. The van der Waals surface area contributed by atoms with Crippen molar-refractivity contribution >= 4 is 83.6 Å². The van der Waals surface area contributed by atoms with Crippen LogP contribution in [0.2, 0.25) is 89.6 Å². The molecule has 0 aromatic rings. The first-order chi connectivity index (χ1) is 15.1. The summed E-state index contributed by atoms with van der Waals surface area (Å²) in [7, 11) is -2.60. The molecule has 0 rings (SSSR count). The second-order valence-corrected chi connectivity index (χ2v) is 33.0. The molecule has 5 nitrogen and oxygen atoms in total. The average Bonchev–Trinajstić information content (AvgIpc) is 2.55. The highest BCUT2D eigenvalue weighted by molar-refractivity contribution is 7.44. The zero-order valence-corrected chi connectivity index (χ0v) is 32.1. The van der Waals surface area contributed by atoms with Crippen LogP contribution in [0.25, 0.3) is 0 Å². The lowest BCUT2D eigenvalue weighted by molar-refractivity contribution is -0.334. The van der Waals surface area contributed by atoms with Crippen LogP contribution in [0.3, 0.4) is 0 Å². The Hall–Kier alpha value is 1.90. The van der Waals surface area contributed by atoms with Gasteiger partial charge < -0.3 is 22.1 Å². The van der Waals surface area contributed by atoms with Crippen LogP contribution >= 0.6 is 22.2 Å². The summed E-state index contributed by atoms with van der Waals surface area (Å²) < 4.78 is 34.1. The Bertz CT molecular complexity index is 577. The Morgan fingerprint density at radius 3 is 1.41 bits per heavy atom. The van der Waals surface area contributed by atoms with Crippen LogP contribution in [-0.2, 0) is 22.1 Å². The van der Waals surface area contributed by atoms with Crippen molar-refractivity contribution in [2.75, 3.05) is 6.61 Å². The number of hydrogen-bond acceptors (Lipinski definition) is 5. The van der Waals surface area contributed by atoms with Gasteiger partial charge in [-0.05, 0) is 91.0 Å². The van der Waals surface area contributed by atoms with Crippen LogP contribution < -0.4 is 0 Å². The summed E-state index contributed by atoms with van der Waals surface area (Å²) in [5.74, 6) is -2.31. The maximum atomic E-state index is 6.95. The molecule has 0 saturated carbocycles. The summed E-state index contributed by atoms with van der Waals surface area (Å²) in [6, 6.07) is 0.738. The van der Waals surface area contributed by atoms with Gasteiger partial charge in [0.2, 0.25) is 54.4 Å². The van der Waals surface area contributed by atoms with E-state index in [1.807, 2.05) is 6.55 Å². The van der Waals surface area contributed by atoms with E-state index in [2.05, 4.69) is 89.2 Å². The summed E-state index contributed by atoms with van der Waals surface area (Å²) in [4.78, 5) is 0. The van der Waals surface area contributed by atoms with Crippen LogP contribution in [0.15, 0.2) is 0 Å². The van der Waals surface area contributed by atoms with Gasteiger partial charge >= 0.3 is 0 Å². The largest absolute Gasteiger partial charge is 0.417 e. The first-order valence-electron chi connectivity index (χ1n) is 11.8. The van der Waals surface area contributed by atoms with Gasteiger partial charge in [0.25, 0.3) is 0 Å². The van der Waals surface area contributed by atoms with Crippen LogP contribution in [0.5, 0.6) is 0 Å². The zero-order valence-electron chi connectivity index (χ0n) is 23.6. The maximum Gasteiger partial charge on any atom is 0.248 e. The van der Waals surface area contributed by atoms with Gasteiger partial charge in [0.05, 0.1) is 0 Å². The van der Waals surface area contributed by atoms with Crippen molar-refractivity contribution in [3.63, 3.8) is 0 Å². The highest BCUT2D eigenvalue weighted by atomic mass is 35.7. The molecule has 0 aliphatic carbocycles. The van der Waals surface area contributed by atoms with Gasteiger partial charge in [-0.3, -0.25) is 0 Å². The minimum atomic E-state index is -2.30. The van der Waals surface area contributed by atoms with Crippen molar-refractivity contribution in [3.8, 4) is 0 Å². The average molecular weight is 635 g/mol. The fourth-order valence-corrected chi connectivity index (χ4v) is 10.6. The summed E-state index contributed by atoms with van der Waals surface area (Å²) in [5.41, 5.74) is 0. The molecule has 0 amide bonds. The van der Waals surface area contributed by atoms with Crippen molar-refractivity contribution in [3.05, 3.63) is 0 Å². The van der Waals surface area contributed by atoms with E-state index in [-0.39, 0.29) is 0 Å². The highest BCUT2D eigenvalue weighted by Crippen LogP contribution is 2.53. The third-order valence-corrected chi connectivity index (χ3v) is 11.3. The molecule has 0 heterocycles. The smallest absolute Gasteiger partial charge is 0.248 e. The summed E-state index contributed by atoms with van der Waals surface area (Å²) in [6.07, 6.45) is 1.34. The molecule has 7 radical (unpaired) electrons. The standard InChI is InChI=1S/C20H47Cl2O5Si7/c1-18(28,17-23-33(10,11)12)20(26-31(6)7,27-32(8)9)19(24-29(2)3,25-30(4)5)15-14-16-34(13,21)22/h14-17H2,1-13H3. The van der Waals surface area contributed by atoms with Crippen molar-refractivity contribution in [2.45, 2.75) is 121 Å². The monoisotopic (exact) mass is 633 g/mol. The Morgan fingerprint density at radius 2 is 1.12 bits per heavy atom. The molecular formula is C20H47Cl2O5Si7. The van der Waals surface area contributed by atoms with Crippen LogP contribution in [0.4, 0.5) is 0 Å². The minimum absolute atomic E-state index is 0.418. The second-order valence-electron chi connectivity index (χ2n) is 11.1. The lowest BCUT2D eigenvalue weighted by atomic mass is 9.89. The van der Waals surface area contributed by atoms with E-state index in [1.54, 1.807) is 0 Å². The van der Waals surface area contributed by atoms with Gasteiger partial charge in [0.15, 0.2) is 8.32 Å². The third kappa shape index (κ3) is 12.2. The predicted octanol–water partition coefficient (Wildman–Crippen LogP) is 6.98. The predicted molar refractivity (Wildman–Crippen MR) is 161 cm³/mol. The van der Waals surface area contributed by atoms with Gasteiger partial charge in [0.1, 0.15) is 0 Å². The molecule has 14 heteroatoms. The van der Waals surface area contributed by atoms with E-state index in [4.69, 9.17) is 44.3 Å². The summed E-state index contributed by atoms with van der Waals surface area (Å²) in [5, 5.41) is -0.728. The van der Waals surface area contributed by atoms with Crippen LogP contribution in [-0.4, -0.2) is 79.6 Å². The maximum absolute atomic E-state index is 6.95. The molecule has 0 spiro atoms. The molecule has 34 heavy (non-hydrogen) atoms. The van der Waals surface area contributed by atoms with Gasteiger partial charge in [-0.25, -0.2) is 0 Å². The Labute approximate surface area is 232 Å². The molecular weight excluding hydrogens is 588 g/mol. The molecule has 0 fully saturated rings. The molecule has 0 aromatic carbocycles. The molecule has 199 valence electrons. The molecule has 0 saturated heterocycles. The van der Waals surface area contributed by atoms with Crippen molar-refractivity contribution in [1.82, 2.24) is 0 Å². The van der Waals surface area contributed by atoms with Gasteiger partial charge in [-0.1, -0.05) is 6.92 Å². The molecule has 1 atom stereocenters. The van der Waals surface area contributed by atoms with Crippen LogP contribution in [0, 0.1) is 0 Å². The van der Waals surface area contributed by atoms with E-state index < -0.39 is 67.8 Å². The second kappa shape index (κ2) is 14.3. The van der Waals surface area contributed by atoms with Crippen molar-refractivity contribution < 1.29 is 22.1 Å².